The smallest absolute Gasteiger partial charge is 0.407 e. The number of hydrogen-bond acceptors (Lipinski definition) is 8. The number of allylic oxidation sites excluding steroid dienone is 4. The van der Waals surface area contributed by atoms with Gasteiger partial charge in [0.1, 0.15) is 19.2 Å². The van der Waals surface area contributed by atoms with Crippen molar-refractivity contribution in [3.05, 3.63) is 101 Å². The predicted molar refractivity (Wildman–Crippen MR) is 191 cm³/mol. The van der Waals surface area contributed by atoms with Gasteiger partial charge in [-0.2, -0.15) is 0 Å². The molecule has 2 aliphatic rings. The van der Waals surface area contributed by atoms with Crippen molar-refractivity contribution in [1.29, 1.82) is 0 Å². The summed E-state index contributed by atoms with van der Waals surface area (Å²) < 4.78 is 5.45. The van der Waals surface area contributed by atoms with Crippen LogP contribution in [0.15, 0.2) is 84.6 Å². The molecule has 6 amide bonds. The number of nitrogens with two attached hydrogens (primary N) is 1. The highest BCUT2D eigenvalue weighted by Gasteiger charge is 2.31. The Bertz CT molecular complexity index is 1670. The topological polar surface area (TPSA) is 210 Å². The third-order valence-corrected chi connectivity index (χ3v) is 8.28. The van der Waals surface area contributed by atoms with Gasteiger partial charge in [-0.3, -0.25) is 24.0 Å². The molecule has 0 saturated carbocycles. The Morgan fingerprint density at radius 3 is 2.20 bits per heavy atom. The summed E-state index contributed by atoms with van der Waals surface area (Å²) in [4.78, 5) is 74.7. The van der Waals surface area contributed by atoms with Crippen molar-refractivity contribution >= 4 is 41.2 Å². The number of carbonyl (C=O) groups is 6. The molecule has 51 heavy (non-hydrogen) atoms. The van der Waals surface area contributed by atoms with Crippen LogP contribution in [0.25, 0.3) is 5.57 Å². The molecule has 0 heterocycles. The van der Waals surface area contributed by atoms with Crippen molar-refractivity contribution in [3.63, 3.8) is 0 Å². The lowest BCUT2D eigenvalue weighted by Crippen LogP contribution is -2.52. The van der Waals surface area contributed by atoms with Crippen LogP contribution in [-0.2, 0) is 35.1 Å². The molecule has 2 aliphatic carbocycles. The highest BCUT2D eigenvalue weighted by Crippen LogP contribution is 2.46. The highest BCUT2D eigenvalue weighted by molar-refractivity contribution is 5.93. The first-order valence-corrected chi connectivity index (χ1v) is 16.8. The summed E-state index contributed by atoms with van der Waals surface area (Å²) >= 11 is 0. The minimum absolute atomic E-state index is 0.0467. The van der Waals surface area contributed by atoms with Gasteiger partial charge in [0.2, 0.25) is 29.5 Å². The quantitative estimate of drug-likeness (QED) is 0.112. The van der Waals surface area contributed by atoms with Crippen LogP contribution < -0.4 is 37.6 Å². The fraction of sp³-hybridized carbons (Fsp3) is 0.351. The summed E-state index contributed by atoms with van der Waals surface area (Å²) in [5.74, 6) is -2.98. The maximum atomic E-state index is 12.9. The van der Waals surface area contributed by atoms with Gasteiger partial charge in [-0.05, 0) is 47.9 Å². The molecule has 2 aromatic carbocycles. The van der Waals surface area contributed by atoms with E-state index in [-0.39, 0.29) is 25.5 Å². The summed E-state index contributed by atoms with van der Waals surface area (Å²) in [7, 11) is 0. The van der Waals surface area contributed by atoms with Gasteiger partial charge < -0.3 is 42.4 Å². The van der Waals surface area contributed by atoms with Gasteiger partial charge in [0.15, 0.2) is 0 Å². The van der Waals surface area contributed by atoms with Gasteiger partial charge in [0.05, 0.1) is 19.6 Å². The number of nitrogens with one attached hydrogen (secondary N) is 6. The van der Waals surface area contributed by atoms with E-state index in [0.717, 1.165) is 29.5 Å². The molecule has 14 heteroatoms. The van der Waals surface area contributed by atoms with Crippen LogP contribution in [-0.4, -0.2) is 81.0 Å². The second kappa shape index (κ2) is 19.3. The maximum absolute atomic E-state index is 12.9. The van der Waals surface area contributed by atoms with Crippen LogP contribution in [0.3, 0.4) is 0 Å². The molecular weight excluding hydrogens is 654 g/mol. The Morgan fingerprint density at radius 2 is 1.45 bits per heavy atom. The zero-order valence-electron chi connectivity index (χ0n) is 28.4. The minimum Gasteiger partial charge on any atom is -0.449 e. The molecule has 1 unspecified atom stereocenters. The molecule has 0 fully saturated rings. The molecule has 0 bridgehead atoms. The fourth-order valence-corrected chi connectivity index (χ4v) is 5.78. The SMILES string of the molecule is C=C(N)CCCNC(=O)CNC(=O)[C@H](Cc1ccccc1)NC(=O)CNC(=O)CNC(=O)CNC(=O)OCC1C2=C(C=CCC2)c2ccccc21. The predicted octanol–water partition coefficient (Wildman–Crippen LogP) is 1.06. The van der Waals surface area contributed by atoms with Gasteiger partial charge in [-0.15, -0.1) is 0 Å². The summed E-state index contributed by atoms with van der Waals surface area (Å²) in [6.45, 7) is 2.48. The number of hydrogen-bond donors (Lipinski definition) is 7. The third-order valence-electron chi connectivity index (χ3n) is 8.28. The molecule has 0 aliphatic heterocycles. The zero-order chi connectivity index (χ0) is 36.6. The van der Waals surface area contributed by atoms with E-state index in [1.807, 2.05) is 24.3 Å². The van der Waals surface area contributed by atoms with Crippen molar-refractivity contribution in [3.8, 4) is 0 Å². The zero-order valence-corrected chi connectivity index (χ0v) is 28.4. The highest BCUT2D eigenvalue weighted by atomic mass is 16.5. The summed E-state index contributed by atoms with van der Waals surface area (Å²) in [5, 5.41) is 14.9. The van der Waals surface area contributed by atoms with Gasteiger partial charge in [-0.1, -0.05) is 78.9 Å². The molecular formula is C37H45N7O7. The van der Waals surface area contributed by atoms with E-state index in [9.17, 15) is 28.8 Å². The number of benzene rings is 2. The van der Waals surface area contributed by atoms with Crippen molar-refractivity contribution in [1.82, 2.24) is 31.9 Å². The lowest BCUT2D eigenvalue weighted by Gasteiger charge is -2.19. The Labute approximate surface area is 296 Å². The van der Waals surface area contributed by atoms with E-state index in [1.165, 1.54) is 11.1 Å². The van der Waals surface area contributed by atoms with Gasteiger partial charge >= 0.3 is 6.09 Å². The number of ether oxygens (including phenoxy) is 1. The van der Waals surface area contributed by atoms with Crippen LogP contribution in [0.5, 0.6) is 0 Å². The van der Waals surface area contributed by atoms with E-state index >= 15 is 0 Å². The molecule has 8 N–H and O–H groups in total. The van der Waals surface area contributed by atoms with Gasteiger partial charge in [0, 0.05) is 24.6 Å². The van der Waals surface area contributed by atoms with E-state index in [4.69, 9.17) is 10.5 Å². The van der Waals surface area contributed by atoms with Crippen molar-refractivity contribution in [2.45, 2.75) is 44.1 Å². The summed E-state index contributed by atoms with van der Waals surface area (Å²) in [6.07, 6.45) is 6.62. The maximum Gasteiger partial charge on any atom is 0.407 e. The number of amides is 6. The van der Waals surface area contributed by atoms with Crippen LogP contribution in [0.1, 0.15) is 48.3 Å². The Morgan fingerprint density at radius 1 is 0.804 bits per heavy atom. The van der Waals surface area contributed by atoms with Crippen LogP contribution in [0, 0.1) is 0 Å². The Hall–Kier alpha value is -5.92. The molecule has 2 atom stereocenters. The molecule has 0 spiro atoms. The first-order chi connectivity index (χ1) is 24.6. The monoisotopic (exact) mass is 699 g/mol. The molecule has 270 valence electrons. The van der Waals surface area contributed by atoms with E-state index in [2.05, 4.69) is 56.7 Å². The van der Waals surface area contributed by atoms with Gasteiger partial charge in [0.25, 0.3) is 0 Å². The lowest BCUT2D eigenvalue weighted by molar-refractivity contribution is -0.131. The number of carbonyl (C=O) groups excluding carboxylic acids is 6. The van der Waals surface area contributed by atoms with Crippen LogP contribution in [0.2, 0.25) is 0 Å². The Balaban J connectivity index is 1.14. The van der Waals surface area contributed by atoms with Crippen LogP contribution in [0.4, 0.5) is 4.79 Å². The standard InChI is InChI=1S/C37H45N7O7/c1-24(38)10-9-17-39-32(45)20-42-36(49)31(18-25-11-3-2-4-12-25)44-35(48)22-41-33(46)19-40-34(47)21-43-37(50)51-23-30-28-15-7-5-13-26(28)27-14-6-8-16-29(27)30/h2-7,11-15,30-31H,1,8-10,16-23,38H2,(H,39,45)(H,40,47)(H,41,46)(H,42,49)(H,43,50)(H,44,48)/t30?,31-/m0/s1. The second-order valence-corrected chi connectivity index (χ2v) is 12.2. The number of rotatable bonds is 18. The molecule has 2 aromatic rings. The fourth-order valence-electron chi connectivity index (χ4n) is 5.78. The largest absolute Gasteiger partial charge is 0.449 e. The average molecular weight is 700 g/mol. The Kier molecular flexibility index (Phi) is 14.4. The normalized spacial score (nSPS) is 14.6. The number of alkyl carbamates (subject to hydrolysis) is 1. The van der Waals surface area contributed by atoms with Crippen molar-refractivity contribution < 1.29 is 33.5 Å². The summed E-state index contributed by atoms with van der Waals surface area (Å²) in [6, 6.07) is 16.0. The van der Waals surface area contributed by atoms with E-state index < -0.39 is 61.3 Å². The van der Waals surface area contributed by atoms with Crippen molar-refractivity contribution in [2.24, 2.45) is 5.73 Å². The molecule has 0 radical (unpaired) electrons. The number of fused-ring (bicyclic) bond motifs is 2. The summed E-state index contributed by atoms with van der Waals surface area (Å²) in [5.41, 5.74) is 11.5. The first kappa shape index (κ1) is 37.9. The van der Waals surface area contributed by atoms with Crippen LogP contribution >= 0.6 is 0 Å². The minimum atomic E-state index is -1.03. The van der Waals surface area contributed by atoms with Gasteiger partial charge in [-0.25, -0.2) is 4.79 Å². The van der Waals surface area contributed by atoms with Crippen molar-refractivity contribution in [2.75, 3.05) is 39.3 Å². The molecule has 4 rings (SSSR count). The molecule has 0 aromatic heterocycles. The van der Waals surface area contributed by atoms with E-state index in [0.29, 0.717) is 25.1 Å². The first-order valence-electron chi connectivity index (χ1n) is 16.8. The lowest BCUT2D eigenvalue weighted by atomic mass is 9.91. The molecule has 14 nitrogen and oxygen atoms in total. The molecule has 0 saturated heterocycles. The van der Waals surface area contributed by atoms with E-state index in [1.54, 1.807) is 24.3 Å². The average Bonchev–Trinajstić information content (AvgIpc) is 3.45. The second-order valence-electron chi connectivity index (χ2n) is 12.2. The third kappa shape index (κ3) is 12.2.